The molecule has 4 heteroatoms. The molecule has 3 nitrogen and oxygen atoms in total. The van der Waals surface area contributed by atoms with Crippen LogP contribution in [0.1, 0.15) is 37.7 Å². The maximum Gasteiger partial charge on any atom is 0.126 e. The monoisotopic (exact) mass is 273 g/mol. The minimum Gasteiger partial charge on any atom is -0.367 e. The molecule has 0 radical (unpaired) electrons. The quantitative estimate of drug-likeness (QED) is 0.900. The van der Waals surface area contributed by atoms with Crippen molar-refractivity contribution in [1.82, 2.24) is 5.32 Å². The van der Waals surface area contributed by atoms with Gasteiger partial charge in [0.15, 0.2) is 0 Å². The molecular formula is C16H20FN3. The van der Waals surface area contributed by atoms with Gasteiger partial charge in [-0.1, -0.05) is 0 Å². The maximum absolute atomic E-state index is 13.7. The van der Waals surface area contributed by atoms with Crippen LogP contribution in [0.4, 0.5) is 10.1 Å². The van der Waals surface area contributed by atoms with Gasteiger partial charge in [0.1, 0.15) is 5.82 Å². The minimum atomic E-state index is -0.317. The van der Waals surface area contributed by atoms with Gasteiger partial charge in [-0.15, -0.1) is 0 Å². The molecule has 2 heterocycles. The predicted octanol–water partition coefficient (Wildman–Crippen LogP) is 2.81. The van der Waals surface area contributed by atoms with Crippen LogP contribution < -0.4 is 10.2 Å². The summed E-state index contributed by atoms with van der Waals surface area (Å²) in [6.07, 6.45) is 5.95. The Bertz CT molecular complexity index is 517. The van der Waals surface area contributed by atoms with Crippen molar-refractivity contribution in [2.45, 2.75) is 44.2 Å². The number of anilines is 1. The first-order valence-electron chi connectivity index (χ1n) is 7.48. The lowest BCUT2D eigenvalue weighted by atomic mass is 9.93. The molecule has 0 bridgehead atoms. The van der Waals surface area contributed by atoms with Crippen molar-refractivity contribution in [2.24, 2.45) is 0 Å². The second-order valence-corrected chi connectivity index (χ2v) is 5.77. The maximum atomic E-state index is 13.7. The molecule has 1 N–H and O–H groups in total. The van der Waals surface area contributed by atoms with Gasteiger partial charge >= 0.3 is 0 Å². The summed E-state index contributed by atoms with van der Waals surface area (Å²) < 4.78 is 13.7. The Kier molecular flexibility index (Phi) is 3.88. The summed E-state index contributed by atoms with van der Waals surface area (Å²) in [5.41, 5.74) is 1.27. The average molecular weight is 273 g/mol. The van der Waals surface area contributed by atoms with Crippen LogP contribution in [0.5, 0.6) is 0 Å². The standard InChI is InChI=1S/C16H20FN3/c17-13-8-12(11-18)9-14(10-13)20-7-2-1-5-16(20)15-4-3-6-19-15/h8-10,15-16,19H,1-7H2. The van der Waals surface area contributed by atoms with E-state index in [0.717, 1.165) is 31.6 Å². The van der Waals surface area contributed by atoms with Crippen LogP contribution in [0.25, 0.3) is 0 Å². The smallest absolute Gasteiger partial charge is 0.126 e. The van der Waals surface area contributed by atoms with Crippen LogP contribution in [0.2, 0.25) is 0 Å². The van der Waals surface area contributed by atoms with Crippen molar-refractivity contribution < 1.29 is 4.39 Å². The molecule has 2 unspecified atom stereocenters. The van der Waals surface area contributed by atoms with E-state index in [1.807, 2.05) is 12.1 Å². The van der Waals surface area contributed by atoms with E-state index >= 15 is 0 Å². The first-order valence-corrected chi connectivity index (χ1v) is 7.48. The van der Waals surface area contributed by atoms with Crippen molar-refractivity contribution in [3.05, 3.63) is 29.6 Å². The van der Waals surface area contributed by atoms with E-state index in [4.69, 9.17) is 5.26 Å². The molecule has 0 aromatic heterocycles. The molecule has 0 saturated carbocycles. The number of hydrogen-bond acceptors (Lipinski definition) is 3. The number of rotatable bonds is 2. The van der Waals surface area contributed by atoms with Crippen molar-refractivity contribution in [2.75, 3.05) is 18.0 Å². The number of piperidine rings is 1. The first-order chi connectivity index (χ1) is 9.78. The van der Waals surface area contributed by atoms with E-state index in [9.17, 15) is 4.39 Å². The fourth-order valence-electron chi connectivity index (χ4n) is 3.54. The van der Waals surface area contributed by atoms with Crippen LogP contribution in [-0.4, -0.2) is 25.2 Å². The Morgan fingerprint density at radius 3 is 2.85 bits per heavy atom. The van der Waals surface area contributed by atoms with Crippen molar-refractivity contribution in [3.63, 3.8) is 0 Å². The number of hydrogen-bond donors (Lipinski definition) is 1. The highest BCUT2D eigenvalue weighted by molar-refractivity contribution is 5.53. The van der Waals surface area contributed by atoms with Crippen LogP contribution in [-0.2, 0) is 0 Å². The third kappa shape index (κ3) is 2.64. The highest BCUT2D eigenvalue weighted by atomic mass is 19.1. The van der Waals surface area contributed by atoms with Crippen LogP contribution in [0.3, 0.4) is 0 Å². The summed E-state index contributed by atoms with van der Waals surface area (Å²) in [7, 11) is 0. The number of halogens is 1. The third-order valence-electron chi connectivity index (χ3n) is 4.46. The third-order valence-corrected chi connectivity index (χ3v) is 4.46. The first kappa shape index (κ1) is 13.4. The molecule has 20 heavy (non-hydrogen) atoms. The van der Waals surface area contributed by atoms with E-state index in [-0.39, 0.29) is 5.82 Å². The van der Waals surface area contributed by atoms with E-state index in [1.165, 1.54) is 25.3 Å². The molecular weight excluding hydrogens is 253 g/mol. The lowest BCUT2D eigenvalue weighted by Gasteiger charge is -2.41. The Hall–Kier alpha value is -1.60. The number of benzene rings is 1. The zero-order valence-electron chi connectivity index (χ0n) is 11.6. The Balaban J connectivity index is 1.89. The Morgan fingerprint density at radius 2 is 2.10 bits per heavy atom. The van der Waals surface area contributed by atoms with Crippen molar-refractivity contribution >= 4 is 5.69 Å². The van der Waals surface area contributed by atoms with Gasteiger partial charge in [0.25, 0.3) is 0 Å². The lowest BCUT2D eigenvalue weighted by Crippen LogP contribution is -2.50. The van der Waals surface area contributed by atoms with Crippen LogP contribution in [0, 0.1) is 17.1 Å². The van der Waals surface area contributed by atoms with E-state index in [1.54, 1.807) is 6.07 Å². The molecule has 2 atom stereocenters. The molecule has 1 aromatic rings. The SMILES string of the molecule is N#Cc1cc(F)cc(N2CCCCC2C2CCCN2)c1. The summed E-state index contributed by atoms with van der Waals surface area (Å²) >= 11 is 0. The molecule has 2 fully saturated rings. The number of nitrogens with one attached hydrogen (secondary N) is 1. The summed E-state index contributed by atoms with van der Waals surface area (Å²) in [4.78, 5) is 2.30. The Labute approximate surface area is 119 Å². The molecule has 2 saturated heterocycles. The highest BCUT2D eigenvalue weighted by Crippen LogP contribution is 2.30. The topological polar surface area (TPSA) is 39.1 Å². The second kappa shape index (κ2) is 5.80. The van der Waals surface area contributed by atoms with E-state index in [2.05, 4.69) is 10.2 Å². The van der Waals surface area contributed by atoms with Gasteiger partial charge in [-0.05, 0) is 56.8 Å². The van der Waals surface area contributed by atoms with Crippen LogP contribution >= 0.6 is 0 Å². The fourth-order valence-corrected chi connectivity index (χ4v) is 3.54. The van der Waals surface area contributed by atoms with Crippen LogP contribution in [0.15, 0.2) is 18.2 Å². The van der Waals surface area contributed by atoms with E-state index < -0.39 is 0 Å². The summed E-state index contributed by atoms with van der Waals surface area (Å²) in [6.45, 7) is 2.04. The average Bonchev–Trinajstić information content (AvgIpc) is 3.00. The fraction of sp³-hybridized carbons (Fsp3) is 0.562. The normalized spacial score (nSPS) is 26.5. The zero-order valence-corrected chi connectivity index (χ0v) is 11.6. The number of nitriles is 1. The van der Waals surface area contributed by atoms with Gasteiger partial charge in [0.2, 0.25) is 0 Å². The van der Waals surface area contributed by atoms with Gasteiger partial charge in [-0.3, -0.25) is 0 Å². The highest BCUT2D eigenvalue weighted by Gasteiger charge is 2.31. The second-order valence-electron chi connectivity index (χ2n) is 5.77. The molecule has 2 aliphatic heterocycles. The Morgan fingerprint density at radius 1 is 1.20 bits per heavy atom. The molecule has 0 aliphatic carbocycles. The zero-order chi connectivity index (χ0) is 13.9. The molecule has 2 aliphatic rings. The molecule has 1 aromatic carbocycles. The summed E-state index contributed by atoms with van der Waals surface area (Å²) in [5, 5.41) is 12.6. The molecule has 0 amide bonds. The predicted molar refractivity (Wildman–Crippen MR) is 77.1 cm³/mol. The van der Waals surface area contributed by atoms with E-state index in [0.29, 0.717) is 17.6 Å². The molecule has 0 spiro atoms. The summed E-state index contributed by atoms with van der Waals surface area (Å²) in [5.74, 6) is -0.317. The molecule has 106 valence electrons. The van der Waals surface area contributed by atoms with Gasteiger partial charge < -0.3 is 10.2 Å². The lowest BCUT2D eigenvalue weighted by molar-refractivity contribution is 0.378. The number of nitrogens with zero attached hydrogens (tertiary/aromatic N) is 2. The largest absolute Gasteiger partial charge is 0.367 e. The van der Waals surface area contributed by atoms with Gasteiger partial charge in [0.05, 0.1) is 11.6 Å². The minimum absolute atomic E-state index is 0.317. The van der Waals surface area contributed by atoms with Gasteiger partial charge in [0, 0.05) is 24.3 Å². The van der Waals surface area contributed by atoms with Crippen molar-refractivity contribution in [3.8, 4) is 6.07 Å². The van der Waals surface area contributed by atoms with Crippen molar-refractivity contribution in [1.29, 1.82) is 5.26 Å². The van der Waals surface area contributed by atoms with Gasteiger partial charge in [-0.25, -0.2) is 4.39 Å². The van der Waals surface area contributed by atoms with Gasteiger partial charge in [-0.2, -0.15) is 5.26 Å². The summed E-state index contributed by atoms with van der Waals surface area (Å²) in [6, 6.07) is 7.66. The molecule has 3 rings (SSSR count).